The number of nitro groups is 1. The van der Waals surface area contributed by atoms with E-state index in [4.69, 9.17) is 16.3 Å². The average molecular weight is 373 g/mol. The minimum Gasteiger partial charge on any atom is -0.495 e. The number of para-hydroxylation sites is 2. The molecule has 0 aliphatic rings. The summed E-state index contributed by atoms with van der Waals surface area (Å²) in [7, 11) is 1.51. The van der Waals surface area contributed by atoms with Gasteiger partial charge in [-0.3, -0.25) is 10.1 Å². The van der Waals surface area contributed by atoms with E-state index in [9.17, 15) is 10.1 Å². The van der Waals surface area contributed by atoms with Crippen molar-refractivity contribution >= 4 is 40.4 Å². The number of halogens is 1. The van der Waals surface area contributed by atoms with Crippen molar-refractivity contribution in [2.24, 2.45) is 0 Å². The van der Waals surface area contributed by atoms with Crippen LogP contribution in [0.25, 0.3) is 0 Å². The highest BCUT2D eigenvalue weighted by atomic mass is 35.5. The molecule has 0 amide bonds. The number of methoxy groups -OCH3 is 1. The fourth-order valence-electron chi connectivity index (χ4n) is 2.18. The lowest BCUT2D eigenvalue weighted by Gasteiger charge is -2.12. The predicted molar refractivity (Wildman–Crippen MR) is 97.5 cm³/mol. The van der Waals surface area contributed by atoms with Gasteiger partial charge >= 0.3 is 5.69 Å². The number of aromatic nitrogens is 3. The highest BCUT2D eigenvalue weighted by Gasteiger charge is 2.24. The molecule has 3 aromatic rings. The van der Waals surface area contributed by atoms with Crippen molar-refractivity contribution < 1.29 is 9.66 Å². The molecule has 0 radical (unpaired) electrons. The van der Waals surface area contributed by atoms with E-state index in [0.717, 1.165) is 0 Å². The first-order chi connectivity index (χ1) is 12.6. The molecule has 0 aliphatic carbocycles. The molecule has 0 fully saturated rings. The molecule has 3 rings (SSSR count). The van der Waals surface area contributed by atoms with E-state index < -0.39 is 4.92 Å². The Morgan fingerprint density at radius 3 is 2.46 bits per heavy atom. The normalized spacial score (nSPS) is 10.2. The van der Waals surface area contributed by atoms with Crippen LogP contribution in [0.4, 0.5) is 28.8 Å². The maximum atomic E-state index is 11.6. The number of hydrogen-bond donors (Lipinski definition) is 2. The molecule has 0 unspecified atom stereocenters. The minimum absolute atomic E-state index is 0.00257. The number of nitrogens with zero attached hydrogens (tertiary/aromatic N) is 4. The standard InChI is InChI=1S/C16H13ClN6O3/c1-26-12-5-3-2-4-11(12)21-15-14(23(24)25)16(20-9-19-15)22-13-7-6-10(17)8-18-13/h2-9H,1H3,(H2,18,19,20,21,22). The summed E-state index contributed by atoms with van der Waals surface area (Å²) in [6.07, 6.45) is 2.63. The first-order valence-corrected chi connectivity index (χ1v) is 7.74. The van der Waals surface area contributed by atoms with Crippen LogP contribution in [-0.2, 0) is 0 Å². The fraction of sp³-hybridized carbons (Fsp3) is 0.0625. The molecule has 0 saturated carbocycles. The zero-order valence-corrected chi connectivity index (χ0v) is 14.3. The van der Waals surface area contributed by atoms with Gasteiger partial charge in [0, 0.05) is 6.20 Å². The van der Waals surface area contributed by atoms with E-state index in [1.54, 1.807) is 36.4 Å². The Morgan fingerprint density at radius 1 is 1.08 bits per heavy atom. The van der Waals surface area contributed by atoms with E-state index >= 15 is 0 Å². The summed E-state index contributed by atoms with van der Waals surface area (Å²) in [6.45, 7) is 0. The van der Waals surface area contributed by atoms with Crippen LogP contribution in [-0.4, -0.2) is 27.0 Å². The van der Waals surface area contributed by atoms with Gasteiger partial charge in [-0.05, 0) is 24.3 Å². The van der Waals surface area contributed by atoms with E-state index in [1.165, 1.54) is 19.6 Å². The van der Waals surface area contributed by atoms with E-state index in [2.05, 4.69) is 25.6 Å². The Kier molecular flexibility index (Phi) is 5.09. The molecule has 132 valence electrons. The zero-order valence-electron chi connectivity index (χ0n) is 13.5. The van der Waals surface area contributed by atoms with Crippen molar-refractivity contribution in [2.45, 2.75) is 0 Å². The smallest absolute Gasteiger partial charge is 0.353 e. The van der Waals surface area contributed by atoms with Crippen molar-refractivity contribution in [1.82, 2.24) is 15.0 Å². The number of benzene rings is 1. The zero-order chi connectivity index (χ0) is 18.5. The molecule has 9 nitrogen and oxygen atoms in total. The lowest BCUT2D eigenvalue weighted by Crippen LogP contribution is -2.06. The van der Waals surface area contributed by atoms with E-state index in [0.29, 0.717) is 22.3 Å². The average Bonchev–Trinajstić information content (AvgIpc) is 2.64. The Hall–Kier alpha value is -3.46. The van der Waals surface area contributed by atoms with Crippen LogP contribution in [0.15, 0.2) is 48.9 Å². The van der Waals surface area contributed by atoms with Crippen LogP contribution in [0.1, 0.15) is 0 Å². The molecule has 0 bridgehead atoms. The highest BCUT2D eigenvalue weighted by molar-refractivity contribution is 6.30. The van der Waals surface area contributed by atoms with Crippen molar-refractivity contribution in [1.29, 1.82) is 0 Å². The molecule has 2 heterocycles. The molecular weight excluding hydrogens is 360 g/mol. The van der Waals surface area contributed by atoms with Gasteiger partial charge in [0.2, 0.25) is 11.6 Å². The molecule has 1 aromatic carbocycles. The molecule has 0 saturated heterocycles. The van der Waals surface area contributed by atoms with E-state index in [-0.39, 0.29) is 17.3 Å². The highest BCUT2D eigenvalue weighted by Crippen LogP contribution is 2.35. The summed E-state index contributed by atoms with van der Waals surface area (Å²) < 4.78 is 5.24. The first kappa shape index (κ1) is 17.4. The number of anilines is 4. The van der Waals surface area contributed by atoms with Gasteiger partial charge in [0.1, 0.15) is 17.9 Å². The summed E-state index contributed by atoms with van der Waals surface area (Å²) in [5.74, 6) is 0.900. The molecular formula is C16H13ClN6O3. The molecule has 10 heteroatoms. The Bertz CT molecular complexity index is 936. The number of nitrogens with one attached hydrogen (secondary N) is 2. The SMILES string of the molecule is COc1ccccc1Nc1ncnc(Nc2ccc(Cl)cn2)c1[N+](=O)[O-]. The van der Waals surface area contributed by atoms with Crippen LogP contribution in [0.3, 0.4) is 0 Å². The van der Waals surface area contributed by atoms with Gasteiger partial charge in [0.15, 0.2) is 0 Å². The molecule has 2 aromatic heterocycles. The van der Waals surface area contributed by atoms with Gasteiger partial charge < -0.3 is 15.4 Å². The summed E-state index contributed by atoms with van der Waals surface area (Å²) in [6, 6.07) is 10.2. The lowest BCUT2D eigenvalue weighted by molar-refractivity contribution is -0.383. The number of pyridine rings is 1. The largest absolute Gasteiger partial charge is 0.495 e. The van der Waals surface area contributed by atoms with Crippen molar-refractivity contribution in [3.05, 3.63) is 64.1 Å². The van der Waals surface area contributed by atoms with Gasteiger partial charge in [0.25, 0.3) is 0 Å². The van der Waals surface area contributed by atoms with Crippen molar-refractivity contribution in [2.75, 3.05) is 17.7 Å². The molecule has 2 N–H and O–H groups in total. The van der Waals surface area contributed by atoms with Gasteiger partial charge in [0.05, 0.1) is 22.7 Å². The van der Waals surface area contributed by atoms with Crippen LogP contribution >= 0.6 is 11.6 Å². The van der Waals surface area contributed by atoms with Gasteiger partial charge in [-0.25, -0.2) is 15.0 Å². The number of rotatable bonds is 6. The maximum Gasteiger partial charge on any atom is 0.353 e. The summed E-state index contributed by atoms with van der Waals surface area (Å²) in [4.78, 5) is 23.0. The summed E-state index contributed by atoms with van der Waals surface area (Å²) in [5.41, 5.74) is 0.211. The third-order valence-corrected chi connectivity index (χ3v) is 3.56. The van der Waals surface area contributed by atoms with Gasteiger partial charge in [-0.1, -0.05) is 23.7 Å². The summed E-state index contributed by atoms with van der Waals surface area (Å²) >= 11 is 5.79. The number of ether oxygens (including phenoxy) is 1. The second kappa shape index (κ2) is 7.62. The fourth-order valence-corrected chi connectivity index (χ4v) is 2.29. The van der Waals surface area contributed by atoms with Gasteiger partial charge in [-0.2, -0.15) is 0 Å². The molecule has 0 aliphatic heterocycles. The monoisotopic (exact) mass is 372 g/mol. The topological polar surface area (TPSA) is 115 Å². The quantitative estimate of drug-likeness (QED) is 0.494. The lowest BCUT2D eigenvalue weighted by atomic mass is 10.3. The van der Waals surface area contributed by atoms with Crippen molar-refractivity contribution in [3.63, 3.8) is 0 Å². The second-order valence-electron chi connectivity index (χ2n) is 4.99. The Labute approximate surface area is 153 Å². The maximum absolute atomic E-state index is 11.6. The molecule has 26 heavy (non-hydrogen) atoms. The third-order valence-electron chi connectivity index (χ3n) is 3.34. The third kappa shape index (κ3) is 3.78. The Balaban J connectivity index is 1.98. The van der Waals surface area contributed by atoms with Crippen LogP contribution in [0.2, 0.25) is 5.02 Å². The minimum atomic E-state index is -0.573. The predicted octanol–water partition coefficient (Wildman–Crippen LogP) is 3.93. The Morgan fingerprint density at radius 2 is 1.81 bits per heavy atom. The first-order valence-electron chi connectivity index (χ1n) is 7.36. The van der Waals surface area contributed by atoms with Gasteiger partial charge in [-0.15, -0.1) is 0 Å². The van der Waals surface area contributed by atoms with E-state index in [1.807, 2.05) is 0 Å². The summed E-state index contributed by atoms with van der Waals surface area (Å²) in [5, 5.41) is 17.8. The molecule has 0 atom stereocenters. The van der Waals surface area contributed by atoms with Crippen LogP contribution in [0.5, 0.6) is 5.75 Å². The van der Waals surface area contributed by atoms with Crippen molar-refractivity contribution in [3.8, 4) is 5.75 Å². The molecule has 0 spiro atoms. The second-order valence-corrected chi connectivity index (χ2v) is 5.42. The number of hydrogen-bond acceptors (Lipinski definition) is 8. The van der Waals surface area contributed by atoms with Crippen LogP contribution < -0.4 is 15.4 Å². The van der Waals surface area contributed by atoms with Crippen LogP contribution in [0, 0.1) is 10.1 Å².